The molecule has 0 saturated heterocycles. The molecule has 1 nitrogen and oxygen atoms in total. The summed E-state index contributed by atoms with van der Waals surface area (Å²) in [6, 6.07) is 8.01. The second kappa shape index (κ2) is 1.87. The molecule has 1 aromatic rings. The predicted molar refractivity (Wildman–Crippen MR) is 40.0 cm³/mol. The Morgan fingerprint density at radius 2 is 2.20 bits per heavy atom. The molecule has 1 unspecified atom stereocenters. The van der Waals surface area contributed by atoms with E-state index in [4.69, 9.17) is 4.74 Å². The van der Waals surface area contributed by atoms with Crippen LogP contribution in [-0.2, 0) is 0 Å². The largest absolute Gasteiger partial charge is 0.481 e. The van der Waals surface area contributed by atoms with E-state index in [9.17, 15) is 0 Å². The van der Waals surface area contributed by atoms with Crippen LogP contribution in [0.3, 0.4) is 0 Å². The highest BCUT2D eigenvalue weighted by atomic mass is 16.5. The Kier molecular flexibility index (Phi) is 1.04. The predicted octanol–water partition coefficient (Wildman–Crippen LogP) is 2.31. The number of hydrogen-bond donors (Lipinski definition) is 0. The van der Waals surface area contributed by atoms with E-state index < -0.39 is 0 Å². The maximum Gasteiger partial charge on any atom is 0.145 e. The minimum Gasteiger partial charge on any atom is -0.481 e. The van der Waals surface area contributed by atoms with Crippen molar-refractivity contribution in [3.63, 3.8) is 0 Å². The van der Waals surface area contributed by atoms with E-state index in [0.717, 1.165) is 5.75 Å². The zero-order valence-electron chi connectivity index (χ0n) is 5.58. The molecule has 0 amide bonds. The second-order valence-electron chi connectivity index (χ2n) is 2.31. The van der Waals surface area contributed by atoms with Gasteiger partial charge in [-0.3, -0.25) is 0 Å². The lowest BCUT2D eigenvalue weighted by molar-refractivity contribution is 0.194. The summed E-state index contributed by atoms with van der Waals surface area (Å²) in [7, 11) is 0. The second-order valence-corrected chi connectivity index (χ2v) is 2.31. The van der Waals surface area contributed by atoms with Crippen LogP contribution in [0.2, 0.25) is 0 Å². The van der Waals surface area contributed by atoms with Crippen LogP contribution in [0.25, 0.3) is 0 Å². The summed E-state index contributed by atoms with van der Waals surface area (Å²) < 4.78 is 5.32. The van der Waals surface area contributed by atoms with Gasteiger partial charge in [-0.25, -0.2) is 0 Å². The fourth-order valence-electron chi connectivity index (χ4n) is 1.14. The smallest absolute Gasteiger partial charge is 0.145 e. The van der Waals surface area contributed by atoms with Gasteiger partial charge in [-0.05, 0) is 12.1 Å². The Bertz CT molecular complexity index is 265. The maximum atomic E-state index is 5.32. The van der Waals surface area contributed by atoms with Crippen LogP contribution in [0.1, 0.15) is 11.7 Å². The highest BCUT2D eigenvalue weighted by Gasteiger charge is 2.23. The number of fused-ring (bicyclic) bond motifs is 1. The van der Waals surface area contributed by atoms with Crippen LogP contribution in [0.4, 0.5) is 0 Å². The maximum absolute atomic E-state index is 5.32. The van der Waals surface area contributed by atoms with Gasteiger partial charge in [-0.15, -0.1) is 0 Å². The molecule has 0 fully saturated rings. The van der Waals surface area contributed by atoms with Crippen LogP contribution < -0.4 is 4.74 Å². The van der Waals surface area contributed by atoms with Gasteiger partial charge in [0, 0.05) is 5.56 Å². The Labute approximate surface area is 59.9 Å². The van der Waals surface area contributed by atoms with Gasteiger partial charge in [0.1, 0.15) is 11.9 Å². The molecule has 1 heteroatoms. The van der Waals surface area contributed by atoms with Crippen LogP contribution in [0.15, 0.2) is 36.9 Å². The van der Waals surface area contributed by atoms with E-state index in [0.29, 0.717) is 0 Å². The highest BCUT2D eigenvalue weighted by molar-refractivity contribution is 5.43. The van der Waals surface area contributed by atoms with Crippen LogP contribution in [0, 0.1) is 0 Å². The van der Waals surface area contributed by atoms with Crippen molar-refractivity contribution in [2.45, 2.75) is 6.10 Å². The van der Waals surface area contributed by atoms with E-state index in [1.165, 1.54) is 5.56 Å². The monoisotopic (exact) mass is 132 g/mol. The number of hydrogen-bond acceptors (Lipinski definition) is 1. The summed E-state index contributed by atoms with van der Waals surface area (Å²) in [6.07, 6.45) is 1.94. The van der Waals surface area contributed by atoms with Gasteiger partial charge in [-0.2, -0.15) is 0 Å². The quantitative estimate of drug-likeness (QED) is 0.533. The zero-order chi connectivity index (χ0) is 6.97. The Hall–Kier alpha value is -1.24. The SMILES string of the molecule is C=CC1Oc2ccccc21. The van der Waals surface area contributed by atoms with Crippen molar-refractivity contribution in [1.29, 1.82) is 0 Å². The molecular formula is C9H8O. The Morgan fingerprint density at radius 1 is 1.40 bits per heavy atom. The van der Waals surface area contributed by atoms with E-state index >= 15 is 0 Å². The van der Waals surface area contributed by atoms with Crippen molar-refractivity contribution < 1.29 is 4.74 Å². The lowest BCUT2D eigenvalue weighted by atomic mass is 10.0. The van der Waals surface area contributed by atoms with Gasteiger partial charge < -0.3 is 4.74 Å². The summed E-state index contributed by atoms with van der Waals surface area (Å²) >= 11 is 0. The average molecular weight is 132 g/mol. The zero-order valence-corrected chi connectivity index (χ0v) is 5.58. The highest BCUT2D eigenvalue weighted by Crippen LogP contribution is 2.38. The van der Waals surface area contributed by atoms with Crippen molar-refractivity contribution in [3.8, 4) is 5.75 Å². The Morgan fingerprint density at radius 3 is 2.90 bits per heavy atom. The summed E-state index contributed by atoms with van der Waals surface area (Å²) in [6.45, 7) is 3.66. The van der Waals surface area contributed by atoms with Gasteiger partial charge in [0.15, 0.2) is 0 Å². The number of rotatable bonds is 1. The molecule has 2 rings (SSSR count). The van der Waals surface area contributed by atoms with Gasteiger partial charge in [-0.1, -0.05) is 24.8 Å². The fraction of sp³-hybridized carbons (Fsp3) is 0.111. The van der Waals surface area contributed by atoms with Gasteiger partial charge >= 0.3 is 0 Å². The minimum absolute atomic E-state index is 0.135. The van der Waals surface area contributed by atoms with Crippen molar-refractivity contribution >= 4 is 0 Å². The first-order chi connectivity index (χ1) is 4.92. The molecule has 10 heavy (non-hydrogen) atoms. The van der Waals surface area contributed by atoms with Crippen LogP contribution >= 0.6 is 0 Å². The van der Waals surface area contributed by atoms with Crippen LogP contribution in [-0.4, -0.2) is 0 Å². The molecule has 0 bridgehead atoms. The summed E-state index contributed by atoms with van der Waals surface area (Å²) in [5, 5.41) is 0. The normalized spacial score (nSPS) is 20.2. The van der Waals surface area contributed by atoms with E-state index in [1.54, 1.807) is 0 Å². The minimum atomic E-state index is 0.135. The van der Waals surface area contributed by atoms with Gasteiger partial charge in [0.25, 0.3) is 0 Å². The molecule has 0 saturated carbocycles. The van der Waals surface area contributed by atoms with Gasteiger partial charge in [0.2, 0.25) is 0 Å². The molecule has 1 aliphatic rings. The van der Waals surface area contributed by atoms with E-state index in [1.807, 2.05) is 24.3 Å². The molecule has 1 aliphatic heterocycles. The van der Waals surface area contributed by atoms with Crippen LogP contribution in [0.5, 0.6) is 5.75 Å². The molecule has 0 N–H and O–H groups in total. The third kappa shape index (κ3) is 0.574. The lowest BCUT2D eigenvalue weighted by Gasteiger charge is -2.28. The van der Waals surface area contributed by atoms with Crippen molar-refractivity contribution in [1.82, 2.24) is 0 Å². The molecule has 1 aromatic carbocycles. The number of para-hydroxylation sites is 1. The van der Waals surface area contributed by atoms with E-state index in [2.05, 4.69) is 12.6 Å². The molecule has 50 valence electrons. The molecule has 1 heterocycles. The van der Waals surface area contributed by atoms with Crippen molar-refractivity contribution in [2.24, 2.45) is 0 Å². The molecule has 0 spiro atoms. The number of ether oxygens (including phenoxy) is 1. The molecule has 0 aromatic heterocycles. The number of benzene rings is 1. The molecule has 0 aliphatic carbocycles. The van der Waals surface area contributed by atoms with E-state index in [-0.39, 0.29) is 6.10 Å². The van der Waals surface area contributed by atoms with Crippen molar-refractivity contribution in [3.05, 3.63) is 42.5 Å². The Balaban J connectivity index is 2.42. The summed E-state index contributed by atoms with van der Waals surface area (Å²) in [4.78, 5) is 0. The first kappa shape index (κ1) is 5.54. The lowest BCUT2D eigenvalue weighted by Crippen LogP contribution is -2.15. The first-order valence-electron chi connectivity index (χ1n) is 3.30. The first-order valence-corrected chi connectivity index (χ1v) is 3.30. The topological polar surface area (TPSA) is 9.23 Å². The molecule has 1 atom stereocenters. The molecular weight excluding hydrogens is 124 g/mol. The standard InChI is InChI=1S/C9H8O/c1-2-8-7-5-3-4-6-9(7)10-8/h2-6,8H,1H2. The summed E-state index contributed by atoms with van der Waals surface area (Å²) in [5.74, 6) is 0.993. The third-order valence-corrected chi connectivity index (χ3v) is 1.69. The third-order valence-electron chi connectivity index (χ3n) is 1.69. The van der Waals surface area contributed by atoms with Crippen molar-refractivity contribution in [2.75, 3.05) is 0 Å². The van der Waals surface area contributed by atoms with Gasteiger partial charge in [0.05, 0.1) is 0 Å². The molecule has 0 radical (unpaired) electrons. The fourth-order valence-corrected chi connectivity index (χ4v) is 1.14. The average Bonchev–Trinajstić information content (AvgIpc) is 1.92. The summed E-state index contributed by atoms with van der Waals surface area (Å²) in [5.41, 5.74) is 1.25.